The number of hydrogen-bond donors (Lipinski definition) is 0. The minimum Gasteiger partial charge on any atom is -0.368 e. The van der Waals surface area contributed by atoms with E-state index in [4.69, 9.17) is 4.74 Å². The van der Waals surface area contributed by atoms with Gasteiger partial charge in [0.2, 0.25) is 0 Å². The highest BCUT2D eigenvalue weighted by Crippen LogP contribution is 2.31. The van der Waals surface area contributed by atoms with Gasteiger partial charge < -0.3 is 4.74 Å². The molecular weight excluding hydrogens is 136 g/mol. The van der Waals surface area contributed by atoms with E-state index < -0.39 is 0 Å². The third kappa shape index (κ3) is 1.64. The zero-order chi connectivity index (χ0) is 8.65. The average Bonchev–Trinajstić information content (AvgIpc) is 1.83. The fourth-order valence-corrected chi connectivity index (χ4v) is 1.40. The van der Waals surface area contributed by atoms with Gasteiger partial charge in [0.15, 0.2) is 0 Å². The summed E-state index contributed by atoms with van der Waals surface area (Å²) in [6.45, 7) is 10.7. The Morgan fingerprint density at radius 1 is 1.36 bits per heavy atom. The minimum absolute atomic E-state index is 0.0497. The van der Waals surface area contributed by atoms with Gasteiger partial charge in [-0.15, -0.1) is 0 Å². The standard InChI is InChI=1S/C10H18O/c1-7-6-8(2)10(4,5)11-9(7)3/h6-7,9H,1-5H3. The van der Waals surface area contributed by atoms with Gasteiger partial charge in [0, 0.05) is 5.92 Å². The molecule has 0 N–H and O–H groups in total. The summed E-state index contributed by atoms with van der Waals surface area (Å²) in [7, 11) is 0. The maximum atomic E-state index is 5.83. The highest BCUT2D eigenvalue weighted by molar-refractivity contribution is 5.16. The van der Waals surface area contributed by atoms with Gasteiger partial charge in [0.1, 0.15) is 0 Å². The third-order valence-electron chi connectivity index (χ3n) is 2.68. The highest BCUT2D eigenvalue weighted by atomic mass is 16.5. The Hall–Kier alpha value is -0.300. The monoisotopic (exact) mass is 154 g/mol. The lowest BCUT2D eigenvalue weighted by molar-refractivity contribution is -0.0662. The van der Waals surface area contributed by atoms with Crippen molar-refractivity contribution in [3.63, 3.8) is 0 Å². The molecule has 1 heteroatoms. The van der Waals surface area contributed by atoms with Crippen LogP contribution in [0.5, 0.6) is 0 Å². The molecule has 1 aliphatic heterocycles. The van der Waals surface area contributed by atoms with Crippen LogP contribution >= 0.6 is 0 Å². The second kappa shape index (κ2) is 2.63. The Labute approximate surface area is 69.4 Å². The van der Waals surface area contributed by atoms with Crippen LogP contribution in [0, 0.1) is 5.92 Å². The normalized spacial score (nSPS) is 36.6. The summed E-state index contributed by atoms with van der Waals surface area (Å²) < 4.78 is 5.83. The molecule has 0 saturated heterocycles. The molecule has 0 radical (unpaired) electrons. The first kappa shape index (κ1) is 8.79. The second-order valence-corrected chi connectivity index (χ2v) is 4.04. The third-order valence-corrected chi connectivity index (χ3v) is 2.68. The molecular formula is C10H18O. The van der Waals surface area contributed by atoms with Crippen molar-refractivity contribution in [2.75, 3.05) is 0 Å². The molecule has 2 unspecified atom stereocenters. The summed E-state index contributed by atoms with van der Waals surface area (Å²) in [4.78, 5) is 0. The van der Waals surface area contributed by atoms with Crippen molar-refractivity contribution in [3.05, 3.63) is 11.6 Å². The van der Waals surface area contributed by atoms with Gasteiger partial charge in [-0.1, -0.05) is 13.0 Å². The van der Waals surface area contributed by atoms with Crippen molar-refractivity contribution in [2.24, 2.45) is 5.92 Å². The van der Waals surface area contributed by atoms with Gasteiger partial charge in [-0.25, -0.2) is 0 Å². The van der Waals surface area contributed by atoms with Gasteiger partial charge in [-0.3, -0.25) is 0 Å². The van der Waals surface area contributed by atoms with Crippen LogP contribution in [-0.4, -0.2) is 11.7 Å². The summed E-state index contributed by atoms with van der Waals surface area (Å²) in [6, 6.07) is 0. The van der Waals surface area contributed by atoms with Crippen LogP contribution in [0.2, 0.25) is 0 Å². The van der Waals surface area contributed by atoms with Crippen LogP contribution < -0.4 is 0 Å². The quantitative estimate of drug-likeness (QED) is 0.487. The van der Waals surface area contributed by atoms with E-state index in [2.05, 4.69) is 40.7 Å². The van der Waals surface area contributed by atoms with Crippen LogP contribution in [0.1, 0.15) is 34.6 Å². The van der Waals surface area contributed by atoms with Crippen molar-refractivity contribution in [3.8, 4) is 0 Å². The zero-order valence-corrected chi connectivity index (χ0v) is 8.14. The summed E-state index contributed by atoms with van der Waals surface area (Å²) in [5, 5.41) is 0. The Morgan fingerprint density at radius 3 is 2.36 bits per heavy atom. The predicted molar refractivity (Wildman–Crippen MR) is 47.5 cm³/mol. The van der Waals surface area contributed by atoms with Crippen LogP contribution in [0.25, 0.3) is 0 Å². The van der Waals surface area contributed by atoms with E-state index in [0.29, 0.717) is 12.0 Å². The lowest BCUT2D eigenvalue weighted by Crippen LogP contribution is -2.37. The molecule has 1 heterocycles. The molecule has 0 spiro atoms. The van der Waals surface area contributed by atoms with Crippen molar-refractivity contribution >= 4 is 0 Å². The SMILES string of the molecule is CC1=CC(C)C(C)OC1(C)C. The van der Waals surface area contributed by atoms with Crippen LogP contribution in [0.3, 0.4) is 0 Å². The van der Waals surface area contributed by atoms with E-state index in [9.17, 15) is 0 Å². The molecule has 1 aliphatic rings. The molecule has 1 rings (SSSR count). The molecule has 0 aromatic carbocycles. The summed E-state index contributed by atoms with van der Waals surface area (Å²) in [5.74, 6) is 0.558. The number of ether oxygens (including phenoxy) is 1. The van der Waals surface area contributed by atoms with Crippen LogP contribution in [0.4, 0.5) is 0 Å². The summed E-state index contributed by atoms with van der Waals surface area (Å²) in [6.07, 6.45) is 2.67. The molecule has 64 valence electrons. The van der Waals surface area contributed by atoms with Crippen molar-refractivity contribution in [2.45, 2.75) is 46.3 Å². The Balaban J connectivity index is 2.86. The Morgan fingerprint density at radius 2 is 1.91 bits per heavy atom. The molecule has 0 aromatic rings. The van der Waals surface area contributed by atoms with Gasteiger partial charge in [-0.2, -0.15) is 0 Å². The fourth-order valence-electron chi connectivity index (χ4n) is 1.40. The van der Waals surface area contributed by atoms with Crippen molar-refractivity contribution < 1.29 is 4.74 Å². The molecule has 1 nitrogen and oxygen atoms in total. The largest absolute Gasteiger partial charge is 0.368 e. The van der Waals surface area contributed by atoms with E-state index in [-0.39, 0.29) is 5.60 Å². The molecule has 2 atom stereocenters. The molecule has 11 heavy (non-hydrogen) atoms. The first-order chi connectivity index (χ1) is 4.93. The lowest BCUT2D eigenvalue weighted by Gasteiger charge is -2.37. The first-order valence-corrected chi connectivity index (χ1v) is 4.30. The summed E-state index contributed by atoms with van der Waals surface area (Å²) >= 11 is 0. The molecule has 0 aliphatic carbocycles. The number of rotatable bonds is 0. The van der Waals surface area contributed by atoms with Gasteiger partial charge in [0.25, 0.3) is 0 Å². The molecule has 0 bridgehead atoms. The van der Waals surface area contributed by atoms with Crippen LogP contribution in [0.15, 0.2) is 11.6 Å². The van der Waals surface area contributed by atoms with Gasteiger partial charge >= 0.3 is 0 Å². The van der Waals surface area contributed by atoms with Crippen LogP contribution in [-0.2, 0) is 4.74 Å². The van der Waals surface area contributed by atoms with E-state index in [1.165, 1.54) is 5.57 Å². The number of hydrogen-bond acceptors (Lipinski definition) is 1. The Kier molecular flexibility index (Phi) is 2.10. The van der Waals surface area contributed by atoms with Gasteiger partial charge in [0.05, 0.1) is 11.7 Å². The topological polar surface area (TPSA) is 9.23 Å². The summed E-state index contributed by atoms with van der Waals surface area (Å²) in [5.41, 5.74) is 1.30. The maximum Gasteiger partial charge on any atom is 0.0836 e. The van der Waals surface area contributed by atoms with E-state index in [0.717, 1.165) is 0 Å². The first-order valence-electron chi connectivity index (χ1n) is 4.30. The van der Waals surface area contributed by atoms with E-state index >= 15 is 0 Å². The fraction of sp³-hybridized carbons (Fsp3) is 0.800. The molecule has 0 fully saturated rings. The molecule has 0 saturated carbocycles. The smallest absolute Gasteiger partial charge is 0.0836 e. The van der Waals surface area contributed by atoms with Gasteiger partial charge in [-0.05, 0) is 33.3 Å². The highest BCUT2D eigenvalue weighted by Gasteiger charge is 2.30. The van der Waals surface area contributed by atoms with E-state index in [1.807, 2.05) is 0 Å². The molecule has 0 aromatic heterocycles. The van der Waals surface area contributed by atoms with Crippen molar-refractivity contribution in [1.82, 2.24) is 0 Å². The Bertz CT molecular complexity index is 179. The average molecular weight is 154 g/mol. The lowest BCUT2D eigenvalue weighted by atomic mass is 9.89. The zero-order valence-electron chi connectivity index (χ0n) is 8.14. The maximum absolute atomic E-state index is 5.83. The van der Waals surface area contributed by atoms with Crippen molar-refractivity contribution in [1.29, 1.82) is 0 Å². The molecule has 0 amide bonds. The predicted octanol–water partition coefficient (Wildman–Crippen LogP) is 2.77. The van der Waals surface area contributed by atoms with E-state index in [1.54, 1.807) is 0 Å². The second-order valence-electron chi connectivity index (χ2n) is 4.04. The minimum atomic E-state index is -0.0497.